The molecular formula is C17H18N2O. The normalized spacial score (nSPS) is 18.2. The fourth-order valence-corrected chi connectivity index (χ4v) is 2.80. The molecule has 2 heterocycles. The lowest BCUT2D eigenvalue weighted by atomic mass is 9.99. The molecule has 102 valence electrons. The van der Waals surface area contributed by atoms with Crippen LogP contribution in [0.25, 0.3) is 0 Å². The summed E-state index contributed by atoms with van der Waals surface area (Å²) in [6.45, 7) is 1.70. The van der Waals surface area contributed by atoms with E-state index in [1.807, 2.05) is 23.1 Å². The Morgan fingerprint density at radius 1 is 1.20 bits per heavy atom. The van der Waals surface area contributed by atoms with Crippen molar-refractivity contribution < 1.29 is 4.79 Å². The second-order valence-corrected chi connectivity index (χ2v) is 5.34. The Morgan fingerprint density at radius 3 is 2.80 bits per heavy atom. The monoisotopic (exact) mass is 266 g/mol. The van der Waals surface area contributed by atoms with Gasteiger partial charge in [0.25, 0.3) is 5.91 Å². The van der Waals surface area contributed by atoms with Crippen molar-refractivity contribution in [3.05, 3.63) is 66.0 Å². The first-order valence-electron chi connectivity index (χ1n) is 7.06. The predicted molar refractivity (Wildman–Crippen MR) is 78.4 cm³/mol. The highest BCUT2D eigenvalue weighted by molar-refractivity contribution is 5.94. The SMILES string of the molecule is O=C(c1cccnc1)N1CCC(Cc2ccccc2)C1. The molecule has 3 heteroatoms. The van der Waals surface area contributed by atoms with Crippen molar-refractivity contribution in [3.63, 3.8) is 0 Å². The molecule has 20 heavy (non-hydrogen) atoms. The van der Waals surface area contributed by atoms with E-state index in [0.717, 1.165) is 25.9 Å². The van der Waals surface area contributed by atoms with Gasteiger partial charge in [-0.25, -0.2) is 0 Å². The zero-order valence-corrected chi connectivity index (χ0v) is 11.4. The standard InChI is InChI=1S/C17H18N2O/c20-17(16-7-4-9-18-12-16)19-10-8-15(13-19)11-14-5-2-1-3-6-14/h1-7,9,12,15H,8,10-11,13H2. The second-order valence-electron chi connectivity index (χ2n) is 5.34. The highest BCUT2D eigenvalue weighted by Crippen LogP contribution is 2.22. The van der Waals surface area contributed by atoms with Gasteiger partial charge < -0.3 is 4.90 Å². The molecule has 2 aromatic rings. The molecule has 0 bridgehead atoms. The van der Waals surface area contributed by atoms with Gasteiger partial charge in [0.1, 0.15) is 0 Å². The van der Waals surface area contributed by atoms with Crippen LogP contribution in [-0.4, -0.2) is 28.9 Å². The number of likely N-dealkylation sites (tertiary alicyclic amines) is 1. The van der Waals surface area contributed by atoms with Crippen LogP contribution in [0.4, 0.5) is 0 Å². The lowest BCUT2D eigenvalue weighted by molar-refractivity contribution is 0.0786. The van der Waals surface area contributed by atoms with E-state index < -0.39 is 0 Å². The van der Waals surface area contributed by atoms with E-state index in [0.29, 0.717) is 11.5 Å². The van der Waals surface area contributed by atoms with Gasteiger partial charge in [0.05, 0.1) is 5.56 Å². The Labute approximate surface area is 119 Å². The molecule has 1 aromatic heterocycles. The average Bonchev–Trinajstić information content (AvgIpc) is 2.97. The van der Waals surface area contributed by atoms with Gasteiger partial charge in [0.2, 0.25) is 0 Å². The van der Waals surface area contributed by atoms with Crippen molar-refractivity contribution in [2.75, 3.05) is 13.1 Å². The number of hydrogen-bond donors (Lipinski definition) is 0. The van der Waals surface area contributed by atoms with Crippen LogP contribution in [-0.2, 0) is 6.42 Å². The molecule has 1 aliphatic rings. The van der Waals surface area contributed by atoms with Crippen molar-refractivity contribution in [1.29, 1.82) is 0 Å². The summed E-state index contributed by atoms with van der Waals surface area (Å²) >= 11 is 0. The summed E-state index contributed by atoms with van der Waals surface area (Å²) in [7, 11) is 0. The Bertz CT molecular complexity index is 568. The molecule has 0 N–H and O–H groups in total. The molecule has 1 aliphatic heterocycles. The predicted octanol–water partition coefficient (Wildman–Crippen LogP) is 2.79. The van der Waals surface area contributed by atoms with Gasteiger partial charge in [0.15, 0.2) is 0 Å². The molecule has 1 saturated heterocycles. The summed E-state index contributed by atoms with van der Waals surface area (Å²) in [4.78, 5) is 18.3. The van der Waals surface area contributed by atoms with Gasteiger partial charge in [-0.15, -0.1) is 0 Å². The van der Waals surface area contributed by atoms with Gasteiger partial charge in [-0.1, -0.05) is 30.3 Å². The molecular weight excluding hydrogens is 248 g/mol. The quantitative estimate of drug-likeness (QED) is 0.856. The molecule has 0 aliphatic carbocycles. The smallest absolute Gasteiger partial charge is 0.255 e. The van der Waals surface area contributed by atoms with Crippen molar-refractivity contribution in [2.24, 2.45) is 5.92 Å². The van der Waals surface area contributed by atoms with Crippen molar-refractivity contribution in [2.45, 2.75) is 12.8 Å². The number of nitrogens with zero attached hydrogens (tertiary/aromatic N) is 2. The van der Waals surface area contributed by atoms with Crippen LogP contribution in [0.2, 0.25) is 0 Å². The number of rotatable bonds is 3. The van der Waals surface area contributed by atoms with Gasteiger partial charge >= 0.3 is 0 Å². The summed E-state index contributed by atoms with van der Waals surface area (Å²) in [6, 6.07) is 14.1. The second kappa shape index (κ2) is 5.87. The maximum Gasteiger partial charge on any atom is 0.255 e. The fourth-order valence-electron chi connectivity index (χ4n) is 2.80. The third kappa shape index (κ3) is 2.87. The van der Waals surface area contributed by atoms with Crippen molar-refractivity contribution >= 4 is 5.91 Å². The third-order valence-corrected chi connectivity index (χ3v) is 3.85. The molecule has 1 unspecified atom stereocenters. The highest BCUT2D eigenvalue weighted by Gasteiger charge is 2.26. The number of carbonyl (C=O) groups is 1. The summed E-state index contributed by atoms with van der Waals surface area (Å²) in [5.74, 6) is 0.673. The van der Waals surface area contributed by atoms with Crippen LogP contribution >= 0.6 is 0 Å². The van der Waals surface area contributed by atoms with Gasteiger partial charge in [-0.2, -0.15) is 0 Å². The summed E-state index contributed by atoms with van der Waals surface area (Å²) < 4.78 is 0. The molecule has 1 atom stereocenters. The molecule has 1 amide bonds. The van der Waals surface area contributed by atoms with E-state index in [1.165, 1.54) is 5.56 Å². The first kappa shape index (κ1) is 12.9. The number of aromatic nitrogens is 1. The van der Waals surface area contributed by atoms with Crippen LogP contribution in [0.1, 0.15) is 22.3 Å². The number of carbonyl (C=O) groups excluding carboxylic acids is 1. The van der Waals surface area contributed by atoms with E-state index in [4.69, 9.17) is 0 Å². The Hall–Kier alpha value is -2.16. The summed E-state index contributed by atoms with van der Waals surface area (Å²) in [5, 5.41) is 0. The fraction of sp³-hybridized carbons (Fsp3) is 0.294. The van der Waals surface area contributed by atoms with E-state index in [1.54, 1.807) is 12.4 Å². The third-order valence-electron chi connectivity index (χ3n) is 3.85. The van der Waals surface area contributed by atoms with Crippen molar-refractivity contribution in [1.82, 2.24) is 9.88 Å². The highest BCUT2D eigenvalue weighted by atomic mass is 16.2. The number of benzene rings is 1. The molecule has 3 rings (SSSR count). The number of amides is 1. The first-order valence-corrected chi connectivity index (χ1v) is 7.06. The number of hydrogen-bond acceptors (Lipinski definition) is 2. The Morgan fingerprint density at radius 2 is 2.05 bits per heavy atom. The lowest BCUT2D eigenvalue weighted by Crippen LogP contribution is -2.29. The van der Waals surface area contributed by atoms with Gasteiger partial charge in [-0.05, 0) is 36.5 Å². The molecule has 0 spiro atoms. The minimum absolute atomic E-state index is 0.105. The molecule has 0 radical (unpaired) electrons. The van der Waals surface area contributed by atoms with Crippen molar-refractivity contribution in [3.8, 4) is 0 Å². The topological polar surface area (TPSA) is 33.2 Å². The maximum absolute atomic E-state index is 12.3. The lowest BCUT2D eigenvalue weighted by Gasteiger charge is -2.16. The van der Waals surface area contributed by atoms with Gasteiger partial charge in [-0.3, -0.25) is 9.78 Å². The van der Waals surface area contributed by atoms with E-state index in [2.05, 4.69) is 29.2 Å². The zero-order chi connectivity index (χ0) is 13.8. The number of pyridine rings is 1. The van der Waals surface area contributed by atoms with Crippen LogP contribution in [0.5, 0.6) is 0 Å². The first-order chi connectivity index (χ1) is 9.83. The Balaban J connectivity index is 1.61. The largest absolute Gasteiger partial charge is 0.338 e. The minimum Gasteiger partial charge on any atom is -0.338 e. The van der Waals surface area contributed by atoms with Crippen LogP contribution in [0.3, 0.4) is 0 Å². The van der Waals surface area contributed by atoms with E-state index >= 15 is 0 Å². The summed E-state index contributed by atoms with van der Waals surface area (Å²) in [6.07, 6.45) is 5.48. The van der Waals surface area contributed by atoms with E-state index in [-0.39, 0.29) is 5.91 Å². The van der Waals surface area contributed by atoms with Crippen LogP contribution in [0.15, 0.2) is 54.9 Å². The molecule has 1 fully saturated rings. The zero-order valence-electron chi connectivity index (χ0n) is 11.4. The van der Waals surface area contributed by atoms with Crippen LogP contribution in [0, 0.1) is 5.92 Å². The summed E-state index contributed by atoms with van der Waals surface area (Å²) in [5.41, 5.74) is 2.04. The average molecular weight is 266 g/mol. The maximum atomic E-state index is 12.3. The molecule has 3 nitrogen and oxygen atoms in total. The molecule has 1 aromatic carbocycles. The minimum atomic E-state index is 0.105. The van der Waals surface area contributed by atoms with E-state index in [9.17, 15) is 4.79 Å². The van der Waals surface area contributed by atoms with Crippen LogP contribution < -0.4 is 0 Å². The van der Waals surface area contributed by atoms with Gasteiger partial charge in [0, 0.05) is 25.5 Å². The molecule has 0 saturated carbocycles. The Kier molecular flexibility index (Phi) is 3.77.